The molecule has 1 saturated carbocycles. The molecule has 19 heavy (non-hydrogen) atoms. The number of carbonyl (C=O) groups is 2. The molecular weight excluding hydrogens is 236 g/mol. The Bertz CT molecular complexity index is 493. The Morgan fingerprint density at radius 3 is 1.68 bits per heavy atom. The molecule has 0 amide bonds. The molecule has 6 atom stereocenters. The van der Waals surface area contributed by atoms with Crippen LogP contribution in [0.5, 0.6) is 0 Å². The summed E-state index contributed by atoms with van der Waals surface area (Å²) in [5.74, 6) is 2.20. The molecule has 0 saturated heterocycles. The topological polar surface area (TPSA) is 34.1 Å². The minimum absolute atomic E-state index is 0.0781. The first kappa shape index (κ1) is 11.6. The minimum Gasteiger partial charge on any atom is -0.294 e. The van der Waals surface area contributed by atoms with Crippen LogP contribution in [0, 0.1) is 35.5 Å². The molecule has 4 aliphatic carbocycles. The number of carbonyl (C=O) groups excluding carboxylic acids is 2. The predicted octanol–water partition coefficient (Wildman–Crippen LogP) is 2.94. The number of fused-ring (bicyclic) bond motifs is 5. The summed E-state index contributed by atoms with van der Waals surface area (Å²) in [6.45, 7) is 4.37. The van der Waals surface area contributed by atoms with Crippen LogP contribution in [0.4, 0.5) is 0 Å². The summed E-state index contributed by atoms with van der Waals surface area (Å²) in [5, 5.41) is 0. The lowest BCUT2D eigenvalue weighted by molar-refractivity contribution is -0.132. The maximum atomic E-state index is 12.3. The monoisotopic (exact) mass is 256 g/mol. The largest absolute Gasteiger partial charge is 0.294 e. The molecule has 1 fully saturated rings. The van der Waals surface area contributed by atoms with Crippen molar-refractivity contribution in [1.82, 2.24) is 0 Å². The highest BCUT2D eigenvalue weighted by molar-refractivity contribution is 6.08. The fourth-order valence-electron chi connectivity index (χ4n) is 5.53. The molecule has 4 rings (SSSR count). The van der Waals surface area contributed by atoms with Gasteiger partial charge in [-0.25, -0.2) is 0 Å². The molecule has 0 heterocycles. The van der Waals surface area contributed by atoms with Crippen LogP contribution < -0.4 is 0 Å². The number of hydrogen-bond acceptors (Lipinski definition) is 2. The van der Waals surface area contributed by atoms with Gasteiger partial charge in [-0.3, -0.25) is 9.59 Å². The highest BCUT2D eigenvalue weighted by Gasteiger charge is 2.54. The summed E-state index contributed by atoms with van der Waals surface area (Å²) in [5.41, 5.74) is 3.14. The first-order valence-corrected chi connectivity index (χ1v) is 7.59. The van der Waals surface area contributed by atoms with Gasteiger partial charge in [0.05, 0.1) is 0 Å². The van der Waals surface area contributed by atoms with Crippen molar-refractivity contribution >= 4 is 11.6 Å². The van der Waals surface area contributed by atoms with E-state index in [9.17, 15) is 9.59 Å². The number of ketones is 2. The van der Waals surface area contributed by atoms with Crippen LogP contribution in [-0.4, -0.2) is 11.6 Å². The van der Waals surface area contributed by atoms with E-state index >= 15 is 0 Å². The summed E-state index contributed by atoms with van der Waals surface area (Å²) < 4.78 is 0. The first-order valence-electron chi connectivity index (χ1n) is 7.59. The highest BCUT2D eigenvalue weighted by Crippen LogP contribution is 2.60. The van der Waals surface area contributed by atoms with Crippen molar-refractivity contribution in [2.24, 2.45) is 35.5 Å². The zero-order valence-electron chi connectivity index (χ0n) is 11.6. The quantitative estimate of drug-likeness (QED) is 0.624. The van der Waals surface area contributed by atoms with Gasteiger partial charge in [-0.15, -0.1) is 0 Å². The normalized spacial score (nSPS) is 47.7. The van der Waals surface area contributed by atoms with Crippen LogP contribution in [-0.2, 0) is 9.59 Å². The minimum atomic E-state index is -0.0781. The molecule has 0 spiro atoms. The Hall–Kier alpha value is -1.18. The van der Waals surface area contributed by atoms with Crippen molar-refractivity contribution in [3.05, 3.63) is 23.3 Å². The van der Waals surface area contributed by atoms with E-state index in [-0.39, 0.29) is 35.2 Å². The molecule has 2 bridgehead atoms. The zero-order valence-corrected chi connectivity index (χ0v) is 11.6. The molecule has 6 unspecified atom stereocenters. The lowest BCUT2D eigenvalue weighted by Crippen LogP contribution is -2.45. The Labute approximate surface area is 113 Å². The van der Waals surface area contributed by atoms with Crippen LogP contribution in [0.15, 0.2) is 23.3 Å². The van der Waals surface area contributed by atoms with Crippen LogP contribution >= 0.6 is 0 Å². The van der Waals surface area contributed by atoms with Crippen LogP contribution in [0.1, 0.15) is 33.1 Å². The zero-order chi connectivity index (χ0) is 13.3. The second-order valence-electron chi connectivity index (χ2n) is 6.88. The van der Waals surface area contributed by atoms with E-state index in [0.29, 0.717) is 11.8 Å². The summed E-state index contributed by atoms with van der Waals surface area (Å²) in [6.07, 6.45) is 6.93. The number of hydrogen-bond donors (Lipinski definition) is 0. The number of rotatable bonds is 0. The molecule has 0 aromatic rings. The van der Waals surface area contributed by atoms with Gasteiger partial charge >= 0.3 is 0 Å². The molecule has 2 nitrogen and oxygen atoms in total. The molecule has 0 aromatic heterocycles. The lowest BCUT2D eigenvalue weighted by Gasteiger charge is -2.44. The molecular formula is C17H20O2. The summed E-state index contributed by atoms with van der Waals surface area (Å²) in [7, 11) is 0. The average Bonchev–Trinajstić information content (AvgIpc) is 2.99. The predicted molar refractivity (Wildman–Crippen MR) is 72.3 cm³/mol. The fourth-order valence-corrected chi connectivity index (χ4v) is 5.53. The van der Waals surface area contributed by atoms with Crippen LogP contribution in [0.25, 0.3) is 0 Å². The standard InChI is InChI=1S/C17H20O2/c1-8-14-10-3-4-11(7-10)15(14)9(2)17-13(19)6-5-12(18)16(8)17/h5-6,8-11,16-17H,3-4,7H2,1-2H3. The molecule has 4 aliphatic rings. The molecule has 0 aliphatic heterocycles. The number of allylic oxidation sites excluding steroid dienone is 4. The Kier molecular flexibility index (Phi) is 2.25. The van der Waals surface area contributed by atoms with Gasteiger partial charge in [0, 0.05) is 11.8 Å². The molecule has 100 valence electrons. The molecule has 0 aromatic carbocycles. The SMILES string of the molecule is CC1C2=C(C3CCC2C3)C(C)C2C(=O)C=CC(=O)C12. The third kappa shape index (κ3) is 1.32. The summed E-state index contributed by atoms with van der Waals surface area (Å²) >= 11 is 0. The first-order chi connectivity index (χ1) is 9.09. The van der Waals surface area contributed by atoms with Gasteiger partial charge in [0.1, 0.15) is 0 Å². The van der Waals surface area contributed by atoms with Crippen molar-refractivity contribution in [1.29, 1.82) is 0 Å². The van der Waals surface area contributed by atoms with E-state index in [1.807, 2.05) is 0 Å². The van der Waals surface area contributed by atoms with Crippen molar-refractivity contribution in [3.8, 4) is 0 Å². The van der Waals surface area contributed by atoms with Crippen LogP contribution in [0.2, 0.25) is 0 Å². The van der Waals surface area contributed by atoms with E-state index in [0.717, 1.165) is 0 Å². The van der Waals surface area contributed by atoms with E-state index in [4.69, 9.17) is 0 Å². The Balaban J connectivity index is 1.86. The molecule has 0 N–H and O–H groups in total. The summed E-state index contributed by atoms with van der Waals surface area (Å²) in [6, 6.07) is 0. The smallest absolute Gasteiger partial charge is 0.160 e. The highest BCUT2D eigenvalue weighted by atomic mass is 16.1. The second-order valence-corrected chi connectivity index (χ2v) is 6.88. The van der Waals surface area contributed by atoms with E-state index in [2.05, 4.69) is 13.8 Å². The van der Waals surface area contributed by atoms with Crippen molar-refractivity contribution in [3.63, 3.8) is 0 Å². The Morgan fingerprint density at radius 1 is 0.842 bits per heavy atom. The second kappa shape index (κ2) is 3.68. The lowest BCUT2D eigenvalue weighted by atomic mass is 9.58. The van der Waals surface area contributed by atoms with E-state index < -0.39 is 0 Å². The maximum absolute atomic E-state index is 12.3. The van der Waals surface area contributed by atoms with Crippen molar-refractivity contribution in [2.75, 3.05) is 0 Å². The van der Waals surface area contributed by atoms with Gasteiger partial charge in [-0.1, -0.05) is 25.0 Å². The van der Waals surface area contributed by atoms with Gasteiger partial charge in [-0.2, -0.15) is 0 Å². The van der Waals surface area contributed by atoms with E-state index in [1.54, 1.807) is 11.1 Å². The molecule has 0 radical (unpaired) electrons. The third-order valence-corrected chi connectivity index (χ3v) is 6.16. The van der Waals surface area contributed by atoms with Gasteiger partial charge in [-0.05, 0) is 55.1 Å². The molecule has 2 heteroatoms. The Morgan fingerprint density at radius 2 is 1.26 bits per heavy atom. The summed E-state index contributed by atoms with van der Waals surface area (Å²) in [4.78, 5) is 24.5. The van der Waals surface area contributed by atoms with Gasteiger partial charge in [0.15, 0.2) is 11.6 Å². The van der Waals surface area contributed by atoms with E-state index in [1.165, 1.54) is 31.4 Å². The van der Waals surface area contributed by atoms with Crippen molar-refractivity contribution in [2.45, 2.75) is 33.1 Å². The van der Waals surface area contributed by atoms with Gasteiger partial charge in [0.2, 0.25) is 0 Å². The maximum Gasteiger partial charge on any atom is 0.160 e. The third-order valence-electron chi connectivity index (χ3n) is 6.16. The fraction of sp³-hybridized carbons (Fsp3) is 0.647. The van der Waals surface area contributed by atoms with Crippen LogP contribution in [0.3, 0.4) is 0 Å². The van der Waals surface area contributed by atoms with Gasteiger partial charge < -0.3 is 0 Å². The van der Waals surface area contributed by atoms with Crippen molar-refractivity contribution < 1.29 is 9.59 Å². The van der Waals surface area contributed by atoms with Gasteiger partial charge in [0.25, 0.3) is 0 Å². The average molecular weight is 256 g/mol.